The number of fused-ring (bicyclic) bond motifs is 1. The zero-order valence-electron chi connectivity index (χ0n) is 16.5. The number of ether oxygens (including phenoxy) is 1. The van der Waals surface area contributed by atoms with Crippen molar-refractivity contribution in [1.29, 1.82) is 0 Å². The first-order chi connectivity index (χ1) is 14.2. The molecular formula is C26H24BrNO. The summed E-state index contributed by atoms with van der Waals surface area (Å²) in [4.78, 5) is 0. The Kier molecular flexibility index (Phi) is 6.16. The summed E-state index contributed by atoms with van der Waals surface area (Å²) in [6.45, 7) is 3.50. The SMILES string of the molecule is CCc1ccccc1NCc1ccc(OCc2cccc3ccccc23)c(Br)c1. The second kappa shape index (κ2) is 9.15. The Balaban J connectivity index is 1.43. The van der Waals surface area contributed by atoms with Gasteiger partial charge in [0.2, 0.25) is 0 Å². The fourth-order valence-electron chi connectivity index (χ4n) is 3.54. The molecule has 4 aromatic rings. The van der Waals surface area contributed by atoms with Crippen LogP contribution in [0.2, 0.25) is 0 Å². The third kappa shape index (κ3) is 4.63. The van der Waals surface area contributed by atoms with E-state index in [1.165, 1.54) is 33.2 Å². The van der Waals surface area contributed by atoms with Crippen LogP contribution >= 0.6 is 15.9 Å². The third-order valence-electron chi connectivity index (χ3n) is 5.14. The third-order valence-corrected chi connectivity index (χ3v) is 5.76. The molecule has 0 bridgehead atoms. The summed E-state index contributed by atoms with van der Waals surface area (Å²) >= 11 is 3.67. The van der Waals surface area contributed by atoms with Crippen LogP contribution in [0.4, 0.5) is 5.69 Å². The maximum Gasteiger partial charge on any atom is 0.134 e. The molecule has 0 aliphatic heterocycles. The van der Waals surface area contributed by atoms with E-state index in [1.54, 1.807) is 0 Å². The van der Waals surface area contributed by atoms with Gasteiger partial charge in [-0.1, -0.05) is 73.7 Å². The van der Waals surface area contributed by atoms with Crippen molar-refractivity contribution in [3.8, 4) is 5.75 Å². The molecule has 0 spiro atoms. The maximum atomic E-state index is 6.12. The monoisotopic (exact) mass is 445 g/mol. The van der Waals surface area contributed by atoms with Crippen molar-refractivity contribution in [2.45, 2.75) is 26.5 Å². The van der Waals surface area contributed by atoms with Gasteiger partial charge in [0.1, 0.15) is 12.4 Å². The number of aryl methyl sites for hydroxylation is 1. The Morgan fingerprint density at radius 1 is 0.828 bits per heavy atom. The van der Waals surface area contributed by atoms with Crippen molar-refractivity contribution in [2.75, 3.05) is 5.32 Å². The summed E-state index contributed by atoms with van der Waals surface area (Å²) < 4.78 is 7.09. The summed E-state index contributed by atoms with van der Waals surface area (Å²) in [5.74, 6) is 0.857. The Hall–Kier alpha value is -2.78. The number of halogens is 1. The Labute approximate surface area is 180 Å². The van der Waals surface area contributed by atoms with Crippen LogP contribution in [-0.2, 0) is 19.6 Å². The molecular weight excluding hydrogens is 422 g/mol. The van der Waals surface area contributed by atoms with Crippen LogP contribution in [0.25, 0.3) is 10.8 Å². The molecule has 2 nitrogen and oxygen atoms in total. The van der Waals surface area contributed by atoms with Crippen LogP contribution < -0.4 is 10.1 Å². The molecule has 0 saturated heterocycles. The number of anilines is 1. The van der Waals surface area contributed by atoms with Gasteiger partial charge in [-0.2, -0.15) is 0 Å². The van der Waals surface area contributed by atoms with Crippen LogP contribution in [-0.4, -0.2) is 0 Å². The first-order valence-corrected chi connectivity index (χ1v) is 10.7. The van der Waals surface area contributed by atoms with Gasteiger partial charge in [-0.3, -0.25) is 0 Å². The van der Waals surface area contributed by atoms with Crippen molar-refractivity contribution in [2.24, 2.45) is 0 Å². The molecule has 0 aliphatic carbocycles. The summed E-state index contributed by atoms with van der Waals surface area (Å²) in [6, 6.07) is 29.5. The van der Waals surface area contributed by atoms with Gasteiger partial charge in [0, 0.05) is 12.2 Å². The first kappa shape index (κ1) is 19.5. The van der Waals surface area contributed by atoms with E-state index in [2.05, 4.69) is 107 Å². The molecule has 4 aromatic carbocycles. The number of rotatable bonds is 7. The minimum atomic E-state index is 0.543. The van der Waals surface area contributed by atoms with Gasteiger partial charge in [-0.25, -0.2) is 0 Å². The summed E-state index contributed by atoms with van der Waals surface area (Å²) in [6.07, 6.45) is 1.02. The van der Waals surface area contributed by atoms with Crippen LogP contribution in [0.1, 0.15) is 23.6 Å². The quantitative estimate of drug-likeness (QED) is 0.320. The molecule has 1 N–H and O–H groups in total. The van der Waals surface area contributed by atoms with Gasteiger partial charge in [0.25, 0.3) is 0 Å². The lowest BCUT2D eigenvalue weighted by Crippen LogP contribution is -2.02. The Bertz CT molecular complexity index is 1120. The van der Waals surface area contributed by atoms with Gasteiger partial charge in [0.15, 0.2) is 0 Å². The van der Waals surface area contributed by atoms with Gasteiger partial charge >= 0.3 is 0 Å². The van der Waals surface area contributed by atoms with Crippen molar-refractivity contribution in [3.05, 3.63) is 106 Å². The Morgan fingerprint density at radius 2 is 1.59 bits per heavy atom. The summed E-state index contributed by atoms with van der Waals surface area (Å²) in [5, 5.41) is 6.02. The molecule has 0 aliphatic rings. The molecule has 0 atom stereocenters. The zero-order chi connectivity index (χ0) is 20.1. The van der Waals surface area contributed by atoms with Crippen LogP contribution in [0.3, 0.4) is 0 Å². The largest absolute Gasteiger partial charge is 0.488 e. The molecule has 29 heavy (non-hydrogen) atoms. The summed E-state index contributed by atoms with van der Waals surface area (Å²) in [7, 11) is 0. The molecule has 0 amide bonds. The molecule has 4 rings (SSSR count). The van der Waals surface area contributed by atoms with Gasteiger partial charge in [0.05, 0.1) is 4.47 Å². The van der Waals surface area contributed by atoms with E-state index in [0.717, 1.165) is 23.2 Å². The minimum Gasteiger partial charge on any atom is -0.488 e. The Morgan fingerprint density at radius 3 is 2.45 bits per heavy atom. The van der Waals surface area contributed by atoms with E-state index < -0.39 is 0 Å². The van der Waals surface area contributed by atoms with Gasteiger partial charge in [-0.15, -0.1) is 0 Å². The smallest absolute Gasteiger partial charge is 0.134 e. The second-order valence-corrected chi connectivity index (χ2v) is 7.91. The average Bonchev–Trinajstić information content (AvgIpc) is 2.77. The van der Waals surface area contributed by atoms with Crippen molar-refractivity contribution in [3.63, 3.8) is 0 Å². The van der Waals surface area contributed by atoms with E-state index in [9.17, 15) is 0 Å². The number of hydrogen-bond donors (Lipinski definition) is 1. The van der Waals surface area contributed by atoms with E-state index in [4.69, 9.17) is 4.74 Å². The molecule has 0 saturated carbocycles. The fraction of sp³-hybridized carbons (Fsp3) is 0.154. The maximum absolute atomic E-state index is 6.12. The number of nitrogens with one attached hydrogen (secondary N) is 1. The number of benzene rings is 4. The van der Waals surface area contributed by atoms with Crippen LogP contribution in [0, 0.1) is 0 Å². The number of para-hydroxylation sites is 1. The highest BCUT2D eigenvalue weighted by Gasteiger charge is 2.06. The van der Waals surface area contributed by atoms with Crippen LogP contribution in [0.5, 0.6) is 5.75 Å². The van der Waals surface area contributed by atoms with E-state index in [-0.39, 0.29) is 0 Å². The molecule has 0 heterocycles. The van der Waals surface area contributed by atoms with E-state index in [1.807, 2.05) is 6.07 Å². The lowest BCUT2D eigenvalue weighted by molar-refractivity contribution is 0.305. The predicted octanol–water partition coefficient (Wildman–Crippen LogP) is 7.36. The standard InChI is InChI=1S/C26H24BrNO/c1-2-20-8-4-6-13-25(20)28-17-19-14-15-26(24(27)16-19)29-18-22-11-7-10-21-9-3-5-12-23(21)22/h3-16,28H,2,17-18H2,1H3. The molecule has 0 aromatic heterocycles. The molecule has 3 heteroatoms. The second-order valence-electron chi connectivity index (χ2n) is 7.06. The lowest BCUT2D eigenvalue weighted by Gasteiger charge is -2.13. The van der Waals surface area contributed by atoms with E-state index in [0.29, 0.717) is 6.61 Å². The van der Waals surface area contributed by atoms with Crippen molar-refractivity contribution >= 4 is 32.4 Å². The predicted molar refractivity (Wildman–Crippen MR) is 126 cm³/mol. The summed E-state index contributed by atoms with van der Waals surface area (Å²) in [5.41, 5.74) is 4.93. The topological polar surface area (TPSA) is 21.3 Å². The van der Waals surface area contributed by atoms with Gasteiger partial charge < -0.3 is 10.1 Å². The molecule has 0 fully saturated rings. The first-order valence-electron chi connectivity index (χ1n) is 9.94. The van der Waals surface area contributed by atoms with Crippen molar-refractivity contribution < 1.29 is 4.74 Å². The van der Waals surface area contributed by atoms with Crippen molar-refractivity contribution in [1.82, 2.24) is 0 Å². The molecule has 0 radical (unpaired) electrons. The zero-order valence-corrected chi connectivity index (χ0v) is 18.1. The number of hydrogen-bond acceptors (Lipinski definition) is 2. The normalized spacial score (nSPS) is 10.8. The van der Waals surface area contributed by atoms with Crippen LogP contribution in [0.15, 0.2) is 89.4 Å². The van der Waals surface area contributed by atoms with Gasteiger partial charge in [-0.05, 0) is 68.0 Å². The average molecular weight is 446 g/mol. The highest BCUT2D eigenvalue weighted by molar-refractivity contribution is 9.10. The highest BCUT2D eigenvalue weighted by Crippen LogP contribution is 2.28. The van der Waals surface area contributed by atoms with E-state index >= 15 is 0 Å². The fourth-order valence-corrected chi connectivity index (χ4v) is 4.08. The molecule has 146 valence electrons. The highest BCUT2D eigenvalue weighted by atomic mass is 79.9. The lowest BCUT2D eigenvalue weighted by atomic mass is 10.1. The molecule has 0 unspecified atom stereocenters. The minimum absolute atomic E-state index is 0.543.